The van der Waals surface area contributed by atoms with Gasteiger partial charge in [0.25, 0.3) is 0 Å². The van der Waals surface area contributed by atoms with Crippen molar-refractivity contribution in [1.82, 2.24) is 5.32 Å². The summed E-state index contributed by atoms with van der Waals surface area (Å²) in [6.07, 6.45) is 7.48. The minimum Gasteiger partial charge on any atom is -0.497 e. The lowest BCUT2D eigenvalue weighted by Crippen LogP contribution is -2.54. The number of hydrogen-bond acceptors (Lipinski definition) is 2. The maximum atomic E-state index is 5.26. The standard InChI is InChI=1S/C19H27NO/c1-12(15-3-5-18(21-2)6-4-15)20-19-16-8-13-7-14(10-16)11-17(19)9-13/h3-6,12-14,16-17,19-20H,7-11H2,1-2H3/t12-,13?,14?,16?,17?,19?/m1/s1. The van der Waals surface area contributed by atoms with Crippen molar-refractivity contribution in [2.45, 2.75) is 51.1 Å². The summed E-state index contributed by atoms with van der Waals surface area (Å²) >= 11 is 0. The first-order chi connectivity index (χ1) is 10.2. The minimum absolute atomic E-state index is 0.443. The van der Waals surface area contributed by atoms with Crippen LogP contribution < -0.4 is 10.1 Å². The first-order valence-electron chi connectivity index (χ1n) is 8.63. The summed E-state index contributed by atoms with van der Waals surface area (Å²) in [5, 5.41) is 3.97. The summed E-state index contributed by atoms with van der Waals surface area (Å²) in [7, 11) is 1.73. The highest BCUT2D eigenvalue weighted by atomic mass is 16.5. The van der Waals surface area contributed by atoms with Crippen molar-refractivity contribution in [3.8, 4) is 5.75 Å². The Balaban J connectivity index is 1.45. The zero-order valence-corrected chi connectivity index (χ0v) is 13.2. The lowest BCUT2D eigenvalue weighted by molar-refractivity contribution is -0.0171. The molecule has 21 heavy (non-hydrogen) atoms. The summed E-state index contributed by atoms with van der Waals surface area (Å²) in [4.78, 5) is 0. The molecular weight excluding hydrogens is 258 g/mol. The summed E-state index contributed by atoms with van der Waals surface area (Å²) in [6, 6.07) is 9.75. The summed E-state index contributed by atoms with van der Waals surface area (Å²) in [5.41, 5.74) is 1.38. The van der Waals surface area contributed by atoms with Gasteiger partial charge in [-0.15, -0.1) is 0 Å². The highest BCUT2D eigenvalue weighted by Gasteiger charge is 2.48. The molecule has 4 aliphatic carbocycles. The molecule has 2 nitrogen and oxygen atoms in total. The van der Waals surface area contributed by atoms with Crippen molar-refractivity contribution < 1.29 is 4.74 Å². The molecule has 2 heteroatoms. The van der Waals surface area contributed by atoms with E-state index < -0.39 is 0 Å². The first-order valence-corrected chi connectivity index (χ1v) is 8.63. The lowest BCUT2D eigenvalue weighted by Gasteiger charge is -2.55. The van der Waals surface area contributed by atoms with E-state index in [1.165, 1.54) is 37.7 Å². The van der Waals surface area contributed by atoms with Gasteiger partial charge in [-0.05, 0) is 80.4 Å². The average molecular weight is 285 g/mol. The van der Waals surface area contributed by atoms with Crippen molar-refractivity contribution in [2.24, 2.45) is 23.7 Å². The molecule has 5 rings (SSSR count). The van der Waals surface area contributed by atoms with E-state index in [1.807, 2.05) is 0 Å². The number of nitrogens with one attached hydrogen (secondary N) is 1. The van der Waals surface area contributed by atoms with Gasteiger partial charge in [0.05, 0.1) is 7.11 Å². The smallest absolute Gasteiger partial charge is 0.118 e. The Hall–Kier alpha value is -1.02. The van der Waals surface area contributed by atoms with E-state index in [4.69, 9.17) is 4.74 Å². The van der Waals surface area contributed by atoms with Crippen LogP contribution in [-0.2, 0) is 0 Å². The summed E-state index contributed by atoms with van der Waals surface area (Å²) < 4.78 is 5.26. The molecule has 0 spiro atoms. The highest BCUT2D eigenvalue weighted by molar-refractivity contribution is 5.29. The normalized spacial score (nSPS) is 38.5. The molecule has 0 saturated heterocycles. The number of ether oxygens (including phenoxy) is 1. The minimum atomic E-state index is 0.443. The van der Waals surface area contributed by atoms with Crippen molar-refractivity contribution in [3.63, 3.8) is 0 Å². The Morgan fingerprint density at radius 2 is 1.52 bits per heavy atom. The average Bonchev–Trinajstić information content (AvgIpc) is 2.50. The van der Waals surface area contributed by atoms with Gasteiger partial charge in [-0.2, -0.15) is 0 Å². The van der Waals surface area contributed by atoms with Crippen molar-refractivity contribution in [2.75, 3.05) is 7.11 Å². The van der Waals surface area contributed by atoms with E-state index in [2.05, 4.69) is 36.5 Å². The van der Waals surface area contributed by atoms with E-state index in [-0.39, 0.29) is 0 Å². The quantitative estimate of drug-likeness (QED) is 0.896. The Labute approximate surface area is 128 Å². The molecule has 4 aliphatic rings. The van der Waals surface area contributed by atoms with Crippen LogP contribution in [-0.4, -0.2) is 13.2 Å². The molecule has 1 atom stereocenters. The molecule has 4 fully saturated rings. The second kappa shape index (κ2) is 5.31. The molecule has 114 valence electrons. The van der Waals surface area contributed by atoms with Crippen LogP contribution >= 0.6 is 0 Å². The summed E-state index contributed by atoms with van der Waals surface area (Å²) in [5.74, 6) is 4.95. The number of rotatable bonds is 4. The zero-order chi connectivity index (χ0) is 14.4. The third-order valence-corrected chi connectivity index (χ3v) is 6.28. The largest absolute Gasteiger partial charge is 0.497 e. The van der Waals surface area contributed by atoms with Crippen LogP contribution in [0.2, 0.25) is 0 Å². The predicted molar refractivity (Wildman–Crippen MR) is 85.4 cm³/mol. The van der Waals surface area contributed by atoms with Gasteiger partial charge in [-0.25, -0.2) is 0 Å². The molecule has 0 unspecified atom stereocenters. The van der Waals surface area contributed by atoms with Crippen LogP contribution in [0.25, 0.3) is 0 Å². The molecule has 0 aromatic heterocycles. The van der Waals surface area contributed by atoms with E-state index >= 15 is 0 Å². The fraction of sp³-hybridized carbons (Fsp3) is 0.684. The van der Waals surface area contributed by atoms with Gasteiger partial charge in [-0.3, -0.25) is 0 Å². The fourth-order valence-corrected chi connectivity index (χ4v) is 5.47. The van der Waals surface area contributed by atoms with Crippen LogP contribution in [0.1, 0.15) is 50.6 Å². The van der Waals surface area contributed by atoms with Crippen LogP contribution in [0.4, 0.5) is 0 Å². The lowest BCUT2D eigenvalue weighted by atomic mass is 9.54. The maximum absolute atomic E-state index is 5.26. The van der Waals surface area contributed by atoms with Gasteiger partial charge in [-0.1, -0.05) is 12.1 Å². The SMILES string of the molecule is COc1ccc([C@@H](C)NC2C3CC4CC(C3)CC2C4)cc1. The van der Waals surface area contributed by atoms with Gasteiger partial charge in [0.15, 0.2) is 0 Å². The number of hydrogen-bond donors (Lipinski definition) is 1. The van der Waals surface area contributed by atoms with Gasteiger partial charge in [0.1, 0.15) is 5.75 Å². The number of methoxy groups -OCH3 is 1. The molecule has 0 amide bonds. The predicted octanol–water partition coefficient (Wildman–Crippen LogP) is 4.17. The molecule has 4 saturated carbocycles. The van der Waals surface area contributed by atoms with Gasteiger partial charge in [0.2, 0.25) is 0 Å². The molecule has 0 aliphatic heterocycles. The Morgan fingerprint density at radius 3 is 2.05 bits per heavy atom. The van der Waals surface area contributed by atoms with Gasteiger partial charge >= 0.3 is 0 Å². The molecule has 1 aromatic carbocycles. The van der Waals surface area contributed by atoms with Crippen molar-refractivity contribution in [3.05, 3.63) is 29.8 Å². The first kappa shape index (κ1) is 13.6. The summed E-state index contributed by atoms with van der Waals surface area (Å²) in [6.45, 7) is 2.31. The second-order valence-electron chi connectivity index (χ2n) is 7.62. The van der Waals surface area contributed by atoms with E-state index in [0.29, 0.717) is 6.04 Å². The Morgan fingerprint density at radius 1 is 0.952 bits per heavy atom. The molecule has 1 N–H and O–H groups in total. The van der Waals surface area contributed by atoms with Crippen LogP contribution in [0, 0.1) is 23.7 Å². The Kier molecular flexibility index (Phi) is 3.45. The Bertz CT molecular complexity index is 467. The van der Waals surface area contributed by atoms with E-state index in [1.54, 1.807) is 7.11 Å². The van der Waals surface area contributed by atoms with E-state index in [9.17, 15) is 0 Å². The van der Waals surface area contributed by atoms with Crippen molar-refractivity contribution in [1.29, 1.82) is 0 Å². The monoisotopic (exact) mass is 285 g/mol. The molecule has 0 radical (unpaired) electrons. The molecular formula is C19H27NO. The van der Waals surface area contributed by atoms with Crippen molar-refractivity contribution >= 4 is 0 Å². The van der Waals surface area contributed by atoms with E-state index in [0.717, 1.165) is 35.5 Å². The zero-order valence-electron chi connectivity index (χ0n) is 13.2. The molecule has 4 bridgehead atoms. The van der Waals surface area contributed by atoms with Crippen LogP contribution in [0.5, 0.6) is 5.75 Å². The fourth-order valence-electron chi connectivity index (χ4n) is 5.47. The second-order valence-corrected chi connectivity index (χ2v) is 7.62. The third-order valence-electron chi connectivity index (χ3n) is 6.28. The third kappa shape index (κ3) is 2.48. The van der Waals surface area contributed by atoms with Crippen LogP contribution in [0.3, 0.4) is 0 Å². The number of benzene rings is 1. The highest BCUT2D eigenvalue weighted by Crippen LogP contribution is 2.54. The topological polar surface area (TPSA) is 21.3 Å². The molecule has 1 aromatic rings. The van der Waals surface area contributed by atoms with Gasteiger partial charge in [0, 0.05) is 12.1 Å². The van der Waals surface area contributed by atoms with Gasteiger partial charge < -0.3 is 10.1 Å². The molecule has 0 heterocycles. The van der Waals surface area contributed by atoms with Crippen LogP contribution in [0.15, 0.2) is 24.3 Å². The maximum Gasteiger partial charge on any atom is 0.118 e.